The summed E-state index contributed by atoms with van der Waals surface area (Å²) in [5.74, 6) is -0.242. The molecule has 4 atom stereocenters. The molecule has 0 aliphatic carbocycles. The topological polar surface area (TPSA) is 86.7 Å². The molecular formula is C27H32Cl4F2N2O4. The zero-order valence-corrected chi connectivity index (χ0v) is 25.2. The molecule has 3 N–H and O–H groups in total. The monoisotopic (exact) mass is 626 g/mol. The number of carbonyl (C=O) groups excluding carboxylic acids is 1. The van der Waals surface area contributed by atoms with E-state index in [1.54, 1.807) is 27.7 Å². The van der Waals surface area contributed by atoms with Crippen molar-refractivity contribution in [2.75, 3.05) is 0 Å². The van der Waals surface area contributed by atoms with Crippen LogP contribution in [0.1, 0.15) is 56.7 Å². The summed E-state index contributed by atoms with van der Waals surface area (Å²) in [5.41, 5.74) is 6.88. The van der Waals surface area contributed by atoms with Crippen LogP contribution >= 0.6 is 47.2 Å². The molecule has 4 unspecified atom stereocenters. The number of fused-ring (bicyclic) bond motifs is 2. The second-order valence-corrected chi connectivity index (χ2v) is 11.6. The number of ether oxygens (including phenoxy) is 2. The summed E-state index contributed by atoms with van der Waals surface area (Å²) in [6.45, 7) is 9.01. The third-order valence-corrected chi connectivity index (χ3v) is 6.64. The summed E-state index contributed by atoms with van der Waals surface area (Å²) >= 11 is 18.0. The molecule has 3 aromatic rings. The molecule has 4 rings (SSSR count). The van der Waals surface area contributed by atoms with Crippen molar-refractivity contribution in [3.05, 3.63) is 63.9 Å². The maximum Gasteiger partial charge on any atom is 0.407 e. The Balaban J connectivity index is 0.000000289. The lowest BCUT2D eigenvalue weighted by molar-refractivity contribution is 0.0508. The highest BCUT2D eigenvalue weighted by Crippen LogP contribution is 2.45. The molecule has 0 fully saturated rings. The fourth-order valence-electron chi connectivity index (χ4n) is 4.02. The van der Waals surface area contributed by atoms with Crippen molar-refractivity contribution in [2.24, 2.45) is 5.73 Å². The minimum absolute atomic E-state index is 0. The smallest absolute Gasteiger partial charge is 0.407 e. The van der Waals surface area contributed by atoms with E-state index in [9.17, 15) is 13.6 Å². The molecule has 2 aromatic carbocycles. The number of benzene rings is 2. The first-order valence-electron chi connectivity index (χ1n) is 12.0. The van der Waals surface area contributed by atoms with Crippen LogP contribution in [-0.2, 0) is 17.6 Å². The number of halogens is 6. The molecule has 1 amide bonds. The van der Waals surface area contributed by atoms with E-state index in [1.165, 1.54) is 30.5 Å². The van der Waals surface area contributed by atoms with Crippen LogP contribution in [0.25, 0.3) is 11.0 Å². The van der Waals surface area contributed by atoms with Crippen LogP contribution in [0.5, 0.6) is 5.75 Å². The molecule has 1 aromatic heterocycles. The van der Waals surface area contributed by atoms with Crippen LogP contribution in [0.3, 0.4) is 0 Å². The summed E-state index contributed by atoms with van der Waals surface area (Å²) in [7, 11) is 0. The Bertz CT molecular complexity index is 1300. The van der Waals surface area contributed by atoms with Gasteiger partial charge in [0.2, 0.25) is 0 Å². The maximum atomic E-state index is 13.8. The van der Waals surface area contributed by atoms with E-state index in [4.69, 9.17) is 54.4 Å². The first-order valence-corrected chi connectivity index (χ1v) is 13.3. The van der Waals surface area contributed by atoms with E-state index in [0.717, 1.165) is 5.56 Å². The van der Waals surface area contributed by atoms with Gasteiger partial charge in [-0.3, -0.25) is 0 Å². The van der Waals surface area contributed by atoms with Gasteiger partial charge in [-0.25, -0.2) is 13.6 Å². The Morgan fingerprint density at radius 2 is 1.72 bits per heavy atom. The van der Waals surface area contributed by atoms with Gasteiger partial charge in [0.15, 0.2) is 5.56 Å². The van der Waals surface area contributed by atoms with E-state index in [0.29, 0.717) is 45.7 Å². The van der Waals surface area contributed by atoms with Crippen LogP contribution in [0.4, 0.5) is 13.6 Å². The Hall–Kier alpha value is -1.97. The number of nitrogens with two attached hydrogens (primary N) is 1. The second-order valence-electron chi connectivity index (χ2n) is 10.3. The SMILES string of the molecule is CC(Cc1cc(F)cc2c1OC(Cl)C2Cl)NC(=O)OC(C)(C)C.CC(N)Cc1cc(F)cc2c(Cl)coc12.Cl. The average molecular weight is 628 g/mol. The van der Waals surface area contributed by atoms with Gasteiger partial charge in [-0.05, 0) is 82.9 Å². The molecular weight excluding hydrogens is 596 g/mol. The van der Waals surface area contributed by atoms with Crippen molar-refractivity contribution in [3.63, 3.8) is 0 Å². The number of rotatable bonds is 5. The number of alkyl halides is 2. The van der Waals surface area contributed by atoms with Crippen molar-refractivity contribution < 1.29 is 27.5 Å². The van der Waals surface area contributed by atoms with Gasteiger partial charge in [-0.2, -0.15) is 0 Å². The summed E-state index contributed by atoms with van der Waals surface area (Å²) in [4.78, 5) is 11.8. The minimum Gasteiger partial charge on any atom is -0.472 e. The molecule has 1 aliphatic rings. The quantitative estimate of drug-likeness (QED) is 0.279. The predicted molar refractivity (Wildman–Crippen MR) is 154 cm³/mol. The molecule has 0 saturated heterocycles. The second kappa shape index (κ2) is 13.6. The molecule has 2 heterocycles. The van der Waals surface area contributed by atoms with Crippen LogP contribution in [0.15, 0.2) is 34.9 Å². The lowest BCUT2D eigenvalue weighted by Crippen LogP contribution is -2.38. The Morgan fingerprint density at radius 3 is 2.33 bits per heavy atom. The van der Waals surface area contributed by atoms with E-state index in [-0.39, 0.29) is 30.3 Å². The van der Waals surface area contributed by atoms with Gasteiger partial charge in [0, 0.05) is 23.0 Å². The zero-order chi connectivity index (χ0) is 28.4. The zero-order valence-electron chi connectivity index (χ0n) is 22.1. The van der Waals surface area contributed by atoms with Crippen LogP contribution in [0.2, 0.25) is 5.02 Å². The number of alkyl carbamates (subject to hydrolysis) is 1. The summed E-state index contributed by atoms with van der Waals surface area (Å²) in [5, 5.41) is 3.14. The van der Waals surface area contributed by atoms with E-state index < -0.39 is 28.5 Å². The minimum atomic E-state index is -0.735. The van der Waals surface area contributed by atoms with Crippen molar-refractivity contribution in [3.8, 4) is 5.75 Å². The number of carbonyl (C=O) groups is 1. The number of hydrogen-bond donors (Lipinski definition) is 2. The van der Waals surface area contributed by atoms with Crippen LogP contribution in [-0.4, -0.2) is 29.3 Å². The number of amides is 1. The molecule has 39 heavy (non-hydrogen) atoms. The van der Waals surface area contributed by atoms with Crippen molar-refractivity contribution in [1.29, 1.82) is 0 Å². The van der Waals surface area contributed by atoms with Gasteiger partial charge in [-0.15, -0.1) is 24.0 Å². The normalized spacial score (nSPS) is 17.7. The molecule has 1 aliphatic heterocycles. The van der Waals surface area contributed by atoms with E-state index >= 15 is 0 Å². The fourth-order valence-corrected chi connectivity index (χ4v) is 4.64. The van der Waals surface area contributed by atoms with E-state index in [2.05, 4.69) is 5.32 Å². The Labute approximate surface area is 247 Å². The number of furan rings is 1. The van der Waals surface area contributed by atoms with E-state index in [1.807, 2.05) is 6.92 Å². The standard InChI is InChI=1S/C16H20Cl2FNO3.C11H11ClFNO.ClH/c1-8(20-15(21)23-16(2,3)4)5-9-6-10(19)7-11-12(17)14(18)22-13(9)11;1-6(14)2-7-3-8(13)4-9-10(12)5-15-11(7)9;/h6-8,12,14H,5H2,1-4H3,(H,20,21);3-6H,2,14H2,1H3;1H. The molecule has 0 spiro atoms. The highest BCUT2D eigenvalue weighted by atomic mass is 35.5. The van der Waals surface area contributed by atoms with Crippen LogP contribution < -0.4 is 15.8 Å². The first-order chi connectivity index (χ1) is 17.6. The summed E-state index contributed by atoms with van der Waals surface area (Å²) in [6.07, 6.45) is 1.82. The molecule has 0 saturated carbocycles. The third kappa shape index (κ3) is 9.02. The van der Waals surface area contributed by atoms with Crippen molar-refractivity contribution in [2.45, 2.75) is 76.1 Å². The van der Waals surface area contributed by atoms with Gasteiger partial charge >= 0.3 is 6.09 Å². The molecule has 6 nitrogen and oxygen atoms in total. The summed E-state index contributed by atoms with van der Waals surface area (Å²) in [6, 6.07) is 5.17. The highest BCUT2D eigenvalue weighted by molar-refractivity contribution is 6.35. The Morgan fingerprint density at radius 1 is 1.10 bits per heavy atom. The average Bonchev–Trinajstić information content (AvgIpc) is 3.27. The third-order valence-electron chi connectivity index (χ3n) is 5.42. The van der Waals surface area contributed by atoms with Crippen molar-refractivity contribution >= 4 is 64.3 Å². The van der Waals surface area contributed by atoms with Gasteiger partial charge in [0.25, 0.3) is 0 Å². The largest absolute Gasteiger partial charge is 0.472 e. The van der Waals surface area contributed by atoms with Gasteiger partial charge in [-0.1, -0.05) is 23.2 Å². The molecule has 0 radical (unpaired) electrons. The summed E-state index contributed by atoms with van der Waals surface area (Å²) < 4.78 is 43.0. The first kappa shape index (κ1) is 33.2. The molecule has 0 bridgehead atoms. The lowest BCUT2D eigenvalue weighted by atomic mass is 10.0. The maximum absolute atomic E-state index is 13.8. The number of hydrogen-bond acceptors (Lipinski definition) is 5. The van der Waals surface area contributed by atoms with Crippen molar-refractivity contribution in [1.82, 2.24) is 5.32 Å². The fraction of sp³-hybridized carbons (Fsp3) is 0.444. The molecule has 216 valence electrons. The molecule has 12 heteroatoms. The van der Waals surface area contributed by atoms with Gasteiger partial charge < -0.3 is 24.9 Å². The lowest BCUT2D eigenvalue weighted by Gasteiger charge is -2.22. The number of nitrogens with one attached hydrogen (secondary N) is 1. The Kier molecular flexibility index (Phi) is 11.6. The van der Waals surface area contributed by atoms with Gasteiger partial charge in [0.1, 0.15) is 40.2 Å². The van der Waals surface area contributed by atoms with Crippen LogP contribution in [0, 0.1) is 11.6 Å². The highest BCUT2D eigenvalue weighted by Gasteiger charge is 2.34. The predicted octanol–water partition coefficient (Wildman–Crippen LogP) is 8.06. The van der Waals surface area contributed by atoms with Gasteiger partial charge in [0.05, 0.1) is 5.02 Å².